The number of carbonyl (C=O) groups is 2. The number of esters is 1. The third-order valence-corrected chi connectivity index (χ3v) is 2.18. The van der Waals surface area contributed by atoms with Crippen LogP contribution in [-0.4, -0.2) is 36.7 Å². The number of ether oxygens (including phenoxy) is 1. The molecule has 0 unspecified atom stereocenters. The summed E-state index contributed by atoms with van der Waals surface area (Å²) < 4.78 is 4.72. The van der Waals surface area contributed by atoms with E-state index in [0.29, 0.717) is 30.6 Å². The fourth-order valence-electron chi connectivity index (χ4n) is 1.20. The quantitative estimate of drug-likeness (QED) is 0.514. The molecule has 0 radical (unpaired) electrons. The van der Waals surface area contributed by atoms with E-state index in [2.05, 4.69) is 4.99 Å². The van der Waals surface area contributed by atoms with E-state index < -0.39 is 0 Å². The summed E-state index contributed by atoms with van der Waals surface area (Å²) in [4.78, 5) is 24.7. The summed E-state index contributed by atoms with van der Waals surface area (Å²) in [5.41, 5.74) is 0.833. The molecule has 1 aromatic carbocycles. The summed E-state index contributed by atoms with van der Waals surface area (Å²) in [5.74, 6) is -0.264. The van der Waals surface area contributed by atoms with E-state index in [0.717, 1.165) is 0 Å². The molecule has 0 spiro atoms. The molecule has 0 bridgehead atoms. The first-order chi connectivity index (χ1) is 9.10. The van der Waals surface area contributed by atoms with Crippen LogP contribution in [0, 0.1) is 0 Å². The largest absolute Gasteiger partial charge is 0.507 e. The minimum Gasteiger partial charge on any atom is -0.507 e. The molecule has 0 amide bonds. The molecule has 0 aliphatic carbocycles. The zero-order valence-corrected chi connectivity index (χ0v) is 11.4. The lowest BCUT2D eigenvalue weighted by atomic mass is 10.2. The number of phenolic OH excluding ortho intramolecular Hbond substituents is 1. The van der Waals surface area contributed by atoms with E-state index in [-0.39, 0.29) is 11.7 Å². The van der Waals surface area contributed by atoms with E-state index in [1.807, 2.05) is 6.92 Å². The lowest BCUT2D eigenvalue weighted by Crippen LogP contribution is -2.16. The summed E-state index contributed by atoms with van der Waals surface area (Å²) in [5, 5.41) is 8.88. The average molecular weight is 265 g/mol. The maximum atomic E-state index is 10.9. The summed E-state index contributed by atoms with van der Waals surface area (Å²) in [6, 6.07) is 6.40. The fraction of sp³-hybridized carbons (Fsp3) is 0.357. The number of aromatic hydroxyl groups is 1. The zero-order chi connectivity index (χ0) is 14.7. The number of nitrogens with zero attached hydrogens (tertiary/aromatic N) is 1. The van der Waals surface area contributed by atoms with Gasteiger partial charge in [0, 0.05) is 7.05 Å². The van der Waals surface area contributed by atoms with Crippen LogP contribution in [0.25, 0.3) is 0 Å². The first-order valence-electron chi connectivity index (χ1n) is 5.96. The molecule has 0 fully saturated rings. The molecule has 1 N–H and O–H groups in total. The highest BCUT2D eigenvalue weighted by Gasteiger charge is 2.07. The molecule has 0 aliphatic heterocycles. The molecule has 1 rings (SSSR count). The van der Waals surface area contributed by atoms with Gasteiger partial charge in [-0.15, -0.1) is 0 Å². The Kier molecular flexibility index (Phi) is 8.70. The molecule has 0 aliphatic rings. The Labute approximate surface area is 112 Å². The van der Waals surface area contributed by atoms with Crippen LogP contribution >= 0.6 is 0 Å². The first-order valence-corrected chi connectivity index (χ1v) is 5.96. The summed E-state index contributed by atoms with van der Waals surface area (Å²) in [6.07, 6.45) is 1.25. The van der Waals surface area contributed by atoms with Gasteiger partial charge >= 0.3 is 5.97 Å². The summed E-state index contributed by atoms with van der Waals surface area (Å²) in [7, 11) is 1.59. The van der Waals surface area contributed by atoms with Crippen molar-refractivity contribution < 1.29 is 19.4 Å². The van der Waals surface area contributed by atoms with Crippen molar-refractivity contribution >= 4 is 18.0 Å². The molecule has 0 aromatic heterocycles. The van der Waals surface area contributed by atoms with Crippen molar-refractivity contribution in [3.05, 3.63) is 29.8 Å². The second-order valence-corrected chi connectivity index (χ2v) is 3.42. The van der Waals surface area contributed by atoms with Gasteiger partial charge in [0.05, 0.1) is 12.2 Å². The van der Waals surface area contributed by atoms with Gasteiger partial charge in [0.1, 0.15) is 11.5 Å². The zero-order valence-electron chi connectivity index (χ0n) is 11.4. The monoisotopic (exact) mass is 265 g/mol. The van der Waals surface area contributed by atoms with E-state index >= 15 is 0 Å². The highest BCUT2D eigenvalue weighted by atomic mass is 16.5. The average Bonchev–Trinajstić information content (AvgIpc) is 2.42. The van der Waals surface area contributed by atoms with Gasteiger partial charge in [0.2, 0.25) is 0 Å². The first kappa shape index (κ1) is 16.8. The Hall–Kier alpha value is -2.17. The summed E-state index contributed by atoms with van der Waals surface area (Å²) in [6.45, 7) is 4.07. The van der Waals surface area contributed by atoms with E-state index in [1.165, 1.54) is 6.07 Å². The van der Waals surface area contributed by atoms with Crippen LogP contribution in [-0.2, 0) is 9.53 Å². The van der Waals surface area contributed by atoms with Gasteiger partial charge in [-0.3, -0.25) is 9.79 Å². The normalized spacial score (nSPS) is 10.2. The Morgan fingerprint density at radius 2 is 2.00 bits per heavy atom. The number of aliphatic imine (C=N–C) groups is 1. The van der Waals surface area contributed by atoms with Crippen molar-refractivity contribution in [2.45, 2.75) is 20.3 Å². The van der Waals surface area contributed by atoms with E-state index in [1.54, 1.807) is 32.2 Å². The number of hydrogen-bond acceptors (Lipinski definition) is 5. The van der Waals surface area contributed by atoms with Crippen LogP contribution in [0.4, 0.5) is 0 Å². The van der Waals surface area contributed by atoms with Crippen molar-refractivity contribution in [3.63, 3.8) is 0 Å². The standard InChI is InChI=1S/C7H13NO2.C7H6O2/c1-4-6(8-3)7(9)10-5-2;8-5-6-3-1-2-4-7(6)9/h4-5H2,1-3H3;1-5,9H/b8-6-;. The molecule has 104 valence electrons. The molecular weight excluding hydrogens is 246 g/mol. The molecule has 5 heteroatoms. The number of rotatable bonds is 4. The van der Waals surface area contributed by atoms with Gasteiger partial charge in [-0.2, -0.15) is 0 Å². The van der Waals surface area contributed by atoms with Gasteiger partial charge in [0.15, 0.2) is 6.29 Å². The van der Waals surface area contributed by atoms with Crippen molar-refractivity contribution in [2.75, 3.05) is 13.7 Å². The predicted octanol–water partition coefficient (Wildman–Crippen LogP) is 2.24. The molecule has 0 saturated heterocycles. The Morgan fingerprint density at radius 3 is 2.37 bits per heavy atom. The molecule has 1 aromatic rings. The number of para-hydroxylation sites is 1. The van der Waals surface area contributed by atoms with Crippen LogP contribution in [0.1, 0.15) is 30.6 Å². The lowest BCUT2D eigenvalue weighted by Gasteiger charge is -2.00. The van der Waals surface area contributed by atoms with Gasteiger partial charge in [-0.05, 0) is 25.5 Å². The number of phenols is 1. The van der Waals surface area contributed by atoms with Crippen molar-refractivity contribution in [3.8, 4) is 5.75 Å². The van der Waals surface area contributed by atoms with Gasteiger partial charge in [-0.1, -0.05) is 19.1 Å². The predicted molar refractivity (Wildman–Crippen MR) is 73.8 cm³/mol. The van der Waals surface area contributed by atoms with Crippen molar-refractivity contribution in [1.82, 2.24) is 0 Å². The van der Waals surface area contributed by atoms with E-state index in [4.69, 9.17) is 9.84 Å². The maximum absolute atomic E-state index is 10.9. The van der Waals surface area contributed by atoms with Gasteiger partial charge in [-0.25, -0.2) is 4.79 Å². The second-order valence-electron chi connectivity index (χ2n) is 3.42. The van der Waals surface area contributed by atoms with Gasteiger partial charge < -0.3 is 9.84 Å². The highest BCUT2D eigenvalue weighted by Crippen LogP contribution is 2.11. The van der Waals surface area contributed by atoms with Crippen LogP contribution in [0.5, 0.6) is 5.75 Å². The Morgan fingerprint density at radius 1 is 1.37 bits per heavy atom. The number of aldehydes is 1. The molecule has 0 saturated carbocycles. The molecular formula is C14H19NO4. The van der Waals surface area contributed by atoms with Crippen LogP contribution in [0.15, 0.2) is 29.3 Å². The smallest absolute Gasteiger partial charge is 0.352 e. The van der Waals surface area contributed by atoms with Crippen LogP contribution in [0.3, 0.4) is 0 Å². The number of hydrogen-bond donors (Lipinski definition) is 1. The van der Waals surface area contributed by atoms with Gasteiger partial charge in [0.25, 0.3) is 0 Å². The molecule has 0 heterocycles. The third-order valence-electron chi connectivity index (χ3n) is 2.18. The Balaban J connectivity index is 0.000000342. The van der Waals surface area contributed by atoms with Crippen molar-refractivity contribution in [2.24, 2.45) is 4.99 Å². The lowest BCUT2D eigenvalue weighted by molar-refractivity contribution is -0.135. The van der Waals surface area contributed by atoms with Crippen molar-refractivity contribution in [1.29, 1.82) is 0 Å². The topological polar surface area (TPSA) is 76.0 Å². The molecule has 0 atom stereocenters. The SMILES string of the molecule is CCOC(=O)/C(CC)=N\C.O=Cc1ccccc1O. The highest BCUT2D eigenvalue weighted by molar-refractivity contribution is 6.36. The van der Waals surface area contributed by atoms with Crippen LogP contribution in [0.2, 0.25) is 0 Å². The number of carbonyl (C=O) groups excluding carboxylic acids is 2. The van der Waals surface area contributed by atoms with E-state index in [9.17, 15) is 9.59 Å². The minimum absolute atomic E-state index is 0.0347. The Bertz CT molecular complexity index is 441. The second kappa shape index (κ2) is 9.82. The number of benzene rings is 1. The molecule has 5 nitrogen and oxygen atoms in total. The fourth-order valence-corrected chi connectivity index (χ4v) is 1.20. The van der Waals surface area contributed by atoms with Crippen LogP contribution < -0.4 is 0 Å². The summed E-state index contributed by atoms with van der Waals surface area (Å²) >= 11 is 0. The molecule has 19 heavy (non-hydrogen) atoms. The maximum Gasteiger partial charge on any atom is 0.352 e. The minimum atomic E-state index is -0.299. The third kappa shape index (κ3) is 6.35.